The van der Waals surface area contributed by atoms with Crippen LogP contribution in [-0.2, 0) is 13.0 Å². The summed E-state index contributed by atoms with van der Waals surface area (Å²) < 4.78 is 7.62. The van der Waals surface area contributed by atoms with Crippen molar-refractivity contribution in [1.29, 1.82) is 0 Å². The zero-order valence-electron chi connectivity index (χ0n) is 19.2. The van der Waals surface area contributed by atoms with E-state index in [1.54, 1.807) is 13.4 Å². The van der Waals surface area contributed by atoms with Gasteiger partial charge in [-0.15, -0.1) is 0 Å². The van der Waals surface area contributed by atoms with Crippen molar-refractivity contribution in [1.82, 2.24) is 24.4 Å². The molecule has 0 saturated carbocycles. The van der Waals surface area contributed by atoms with Crippen LogP contribution in [0.4, 0.5) is 11.6 Å². The summed E-state index contributed by atoms with van der Waals surface area (Å²) >= 11 is 0. The largest absolute Gasteiger partial charge is 0.494 e. The van der Waals surface area contributed by atoms with Crippen LogP contribution in [0.25, 0.3) is 16.9 Å². The molecule has 0 saturated heterocycles. The van der Waals surface area contributed by atoms with Crippen molar-refractivity contribution in [2.24, 2.45) is 0 Å². The fourth-order valence-electron chi connectivity index (χ4n) is 4.28. The number of aryl methyl sites for hydroxylation is 1. The Kier molecular flexibility index (Phi) is 5.79. The van der Waals surface area contributed by atoms with Crippen LogP contribution in [-0.4, -0.2) is 44.6 Å². The summed E-state index contributed by atoms with van der Waals surface area (Å²) in [5.74, 6) is 1.35. The summed E-state index contributed by atoms with van der Waals surface area (Å²) in [6, 6.07) is 16.4. The molecule has 0 radical (unpaired) electrons. The molecule has 4 aromatic rings. The van der Waals surface area contributed by atoms with Gasteiger partial charge in [-0.2, -0.15) is 0 Å². The van der Waals surface area contributed by atoms with Crippen molar-refractivity contribution in [3.8, 4) is 22.7 Å². The number of anilines is 2. The summed E-state index contributed by atoms with van der Waals surface area (Å²) in [6.07, 6.45) is 4.68. The van der Waals surface area contributed by atoms with Gasteiger partial charge in [0, 0.05) is 48.6 Å². The zero-order valence-corrected chi connectivity index (χ0v) is 19.2. The summed E-state index contributed by atoms with van der Waals surface area (Å²) in [6.45, 7) is 7.09. The lowest BCUT2D eigenvalue weighted by molar-refractivity contribution is 0.266. The van der Waals surface area contributed by atoms with E-state index < -0.39 is 0 Å². The van der Waals surface area contributed by atoms with Gasteiger partial charge in [0.25, 0.3) is 0 Å². The maximum absolute atomic E-state index is 5.66. The molecule has 168 valence electrons. The monoisotopic (exact) mass is 440 g/mol. The molecule has 7 heteroatoms. The number of imidazole rings is 1. The Morgan fingerprint density at radius 2 is 1.94 bits per heavy atom. The summed E-state index contributed by atoms with van der Waals surface area (Å²) in [7, 11) is 1.68. The van der Waals surface area contributed by atoms with Gasteiger partial charge in [0.05, 0.1) is 36.2 Å². The maximum Gasteiger partial charge on any atom is 0.228 e. The summed E-state index contributed by atoms with van der Waals surface area (Å²) in [5.41, 5.74) is 7.21. The van der Waals surface area contributed by atoms with Crippen LogP contribution in [0.1, 0.15) is 23.9 Å². The van der Waals surface area contributed by atoms with E-state index in [9.17, 15) is 0 Å². The van der Waals surface area contributed by atoms with Crippen molar-refractivity contribution < 1.29 is 4.74 Å². The Labute approximate surface area is 194 Å². The van der Waals surface area contributed by atoms with Crippen molar-refractivity contribution in [2.75, 3.05) is 25.5 Å². The van der Waals surface area contributed by atoms with Gasteiger partial charge in [-0.05, 0) is 25.6 Å². The summed E-state index contributed by atoms with van der Waals surface area (Å²) in [5, 5.41) is 3.41. The van der Waals surface area contributed by atoms with Crippen LogP contribution in [0.5, 0.6) is 5.75 Å². The minimum absolute atomic E-state index is 0.603. The van der Waals surface area contributed by atoms with Gasteiger partial charge in [-0.25, -0.2) is 15.0 Å². The van der Waals surface area contributed by atoms with Gasteiger partial charge in [0.2, 0.25) is 5.95 Å². The lowest BCUT2D eigenvalue weighted by atomic mass is 9.99. The zero-order chi connectivity index (χ0) is 22.8. The minimum atomic E-state index is 0.603. The first-order chi connectivity index (χ1) is 16.1. The van der Waals surface area contributed by atoms with Crippen LogP contribution >= 0.6 is 0 Å². The molecule has 2 aromatic heterocycles. The van der Waals surface area contributed by atoms with Crippen LogP contribution in [0, 0.1) is 6.92 Å². The number of ether oxygens (including phenoxy) is 1. The van der Waals surface area contributed by atoms with Crippen molar-refractivity contribution in [3.63, 3.8) is 0 Å². The molecule has 0 aliphatic carbocycles. The fourth-order valence-corrected chi connectivity index (χ4v) is 4.28. The Balaban J connectivity index is 1.51. The molecule has 7 nitrogen and oxygen atoms in total. The third-order valence-corrected chi connectivity index (χ3v) is 6.06. The standard InChI is InChI=1S/C26H28N6O/c1-4-31-13-12-22-21(16-31)25(19-8-6-5-7-9-19)30-26(29-22)28-20-10-11-23(24(14-20)33-3)32-15-18(2)27-17-32/h5-11,14-15,17H,4,12-13,16H2,1-3H3,(H,28,29,30). The SMILES string of the molecule is CCN1CCc2nc(Nc3ccc(-n4cnc(C)c4)c(OC)c3)nc(-c3ccccc3)c2C1. The molecule has 0 bridgehead atoms. The Morgan fingerprint density at radius 1 is 1.09 bits per heavy atom. The van der Waals surface area contributed by atoms with E-state index in [-0.39, 0.29) is 0 Å². The summed E-state index contributed by atoms with van der Waals surface area (Å²) in [4.78, 5) is 16.6. The van der Waals surface area contributed by atoms with Gasteiger partial charge in [0.1, 0.15) is 5.75 Å². The molecule has 0 fully saturated rings. The number of likely N-dealkylation sites (N-methyl/N-ethyl adjacent to an activating group) is 1. The maximum atomic E-state index is 5.66. The molecule has 0 unspecified atom stereocenters. The van der Waals surface area contributed by atoms with Crippen LogP contribution in [0.3, 0.4) is 0 Å². The number of rotatable bonds is 6. The van der Waals surface area contributed by atoms with Crippen LogP contribution in [0.2, 0.25) is 0 Å². The smallest absolute Gasteiger partial charge is 0.228 e. The third-order valence-electron chi connectivity index (χ3n) is 6.06. The molecular weight excluding hydrogens is 412 g/mol. The number of methoxy groups -OCH3 is 1. The number of fused-ring (bicyclic) bond motifs is 1. The Morgan fingerprint density at radius 3 is 2.67 bits per heavy atom. The topological polar surface area (TPSA) is 68.1 Å². The van der Waals surface area contributed by atoms with E-state index >= 15 is 0 Å². The van der Waals surface area contributed by atoms with Crippen LogP contribution < -0.4 is 10.1 Å². The van der Waals surface area contributed by atoms with Gasteiger partial charge < -0.3 is 14.6 Å². The van der Waals surface area contributed by atoms with E-state index in [4.69, 9.17) is 14.7 Å². The normalized spacial score (nSPS) is 13.5. The highest BCUT2D eigenvalue weighted by molar-refractivity contribution is 5.68. The van der Waals surface area contributed by atoms with Crippen LogP contribution in [0.15, 0.2) is 61.1 Å². The molecular formula is C26H28N6O. The van der Waals surface area contributed by atoms with Gasteiger partial charge in [0.15, 0.2) is 0 Å². The molecule has 0 spiro atoms. The number of benzene rings is 2. The first-order valence-electron chi connectivity index (χ1n) is 11.3. The quantitative estimate of drug-likeness (QED) is 0.466. The molecule has 0 atom stereocenters. The average Bonchev–Trinajstić information content (AvgIpc) is 3.29. The lowest BCUT2D eigenvalue weighted by Gasteiger charge is -2.28. The molecule has 5 rings (SSSR count). The number of nitrogens with zero attached hydrogens (tertiary/aromatic N) is 5. The molecule has 2 aromatic carbocycles. The van der Waals surface area contributed by atoms with Gasteiger partial charge >= 0.3 is 0 Å². The van der Waals surface area contributed by atoms with Gasteiger partial charge in [-0.3, -0.25) is 4.90 Å². The second kappa shape index (κ2) is 9.03. The first-order valence-corrected chi connectivity index (χ1v) is 11.3. The predicted octanol–water partition coefficient (Wildman–Crippen LogP) is 4.77. The predicted molar refractivity (Wildman–Crippen MR) is 130 cm³/mol. The third kappa shape index (κ3) is 4.32. The minimum Gasteiger partial charge on any atom is -0.494 e. The number of hydrogen-bond donors (Lipinski definition) is 1. The highest BCUT2D eigenvalue weighted by atomic mass is 16.5. The Hall–Kier alpha value is -3.71. The number of nitrogens with one attached hydrogen (secondary N) is 1. The van der Waals surface area contributed by atoms with E-state index in [2.05, 4.69) is 46.4 Å². The number of aromatic nitrogens is 4. The van der Waals surface area contributed by atoms with E-state index in [0.717, 1.165) is 65.8 Å². The van der Waals surface area contributed by atoms with E-state index in [1.807, 2.05) is 42.0 Å². The van der Waals surface area contributed by atoms with Crippen molar-refractivity contribution >= 4 is 11.6 Å². The molecule has 1 aliphatic heterocycles. The highest BCUT2D eigenvalue weighted by Gasteiger charge is 2.22. The molecule has 0 amide bonds. The van der Waals surface area contributed by atoms with E-state index in [1.165, 1.54) is 5.56 Å². The first kappa shape index (κ1) is 21.2. The molecule has 1 aliphatic rings. The molecule has 1 N–H and O–H groups in total. The van der Waals surface area contributed by atoms with Crippen molar-refractivity contribution in [3.05, 3.63) is 78.0 Å². The second-order valence-corrected chi connectivity index (χ2v) is 8.24. The highest BCUT2D eigenvalue weighted by Crippen LogP contribution is 2.32. The van der Waals surface area contributed by atoms with Gasteiger partial charge in [-0.1, -0.05) is 37.3 Å². The molecule has 33 heavy (non-hydrogen) atoms. The lowest BCUT2D eigenvalue weighted by Crippen LogP contribution is -2.31. The Bertz CT molecular complexity index is 1270. The van der Waals surface area contributed by atoms with E-state index in [0.29, 0.717) is 5.95 Å². The average molecular weight is 441 g/mol. The fraction of sp³-hybridized carbons (Fsp3) is 0.269. The van der Waals surface area contributed by atoms with Crippen molar-refractivity contribution in [2.45, 2.75) is 26.8 Å². The number of hydrogen-bond acceptors (Lipinski definition) is 6. The second-order valence-electron chi connectivity index (χ2n) is 8.24. The molecule has 3 heterocycles.